The number of aromatic carboxylic acids is 1. The second kappa shape index (κ2) is 1.40. The molecular formula is C8H6O2. The Kier molecular flexibility index (Phi) is 0.765. The third-order valence-corrected chi connectivity index (χ3v) is 1.78. The molecule has 0 amide bonds. The van der Waals surface area contributed by atoms with Crippen molar-refractivity contribution in [1.82, 2.24) is 0 Å². The minimum absolute atomic E-state index is 0.481. The topological polar surface area (TPSA) is 37.3 Å². The number of carboxylic acid groups (broad SMARTS) is 1. The summed E-state index contributed by atoms with van der Waals surface area (Å²) in [5, 5.41) is 8.65. The van der Waals surface area contributed by atoms with Crippen molar-refractivity contribution in [3.63, 3.8) is 0 Å². The number of hydrogen-bond donors (Lipinski definition) is 1. The van der Waals surface area contributed by atoms with Gasteiger partial charge < -0.3 is 5.11 Å². The normalized spacial score (nSPS) is 11.3. The minimum Gasteiger partial charge on any atom is -0.478 e. The number of carboxylic acids is 1. The van der Waals surface area contributed by atoms with Gasteiger partial charge in [-0.15, -0.1) is 0 Å². The van der Waals surface area contributed by atoms with Crippen LogP contribution in [0, 0.1) is 6.92 Å². The highest BCUT2D eigenvalue weighted by atomic mass is 16.4. The van der Waals surface area contributed by atoms with Crippen LogP contribution in [-0.4, -0.2) is 11.1 Å². The van der Waals surface area contributed by atoms with Gasteiger partial charge in [-0.05, 0) is 29.7 Å². The maximum atomic E-state index is 10.5. The number of rotatable bonds is 1. The van der Waals surface area contributed by atoms with E-state index in [1.165, 1.54) is 0 Å². The summed E-state index contributed by atoms with van der Waals surface area (Å²) in [4.78, 5) is 10.5. The van der Waals surface area contributed by atoms with Gasteiger partial charge in [0, 0.05) is 0 Å². The van der Waals surface area contributed by atoms with E-state index in [4.69, 9.17) is 5.11 Å². The first-order valence-corrected chi connectivity index (χ1v) is 3.08. The predicted molar refractivity (Wildman–Crippen MR) is 37.1 cm³/mol. The zero-order chi connectivity index (χ0) is 7.30. The SMILES string of the molecule is Cc1cc2cc-2c1C(=O)O. The van der Waals surface area contributed by atoms with Crippen LogP contribution in [0.15, 0.2) is 12.1 Å². The lowest BCUT2D eigenvalue weighted by Gasteiger charge is -1.89. The molecule has 0 aromatic rings. The quantitative estimate of drug-likeness (QED) is 0.644. The van der Waals surface area contributed by atoms with Gasteiger partial charge in [0.25, 0.3) is 0 Å². The van der Waals surface area contributed by atoms with Gasteiger partial charge in [-0.3, -0.25) is 0 Å². The molecule has 1 N–H and O–H groups in total. The van der Waals surface area contributed by atoms with Gasteiger partial charge >= 0.3 is 5.97 Å². The molecule has 0 radical (unpaired) electrons. The molecule has 0 heterocycles. The van der Waals surface area contributed by atoms with Crippen LogP contribution in [0.25, 0.3) is 11.1 Å². The van der Waals surface area contributed by atoms with Crippen LogP contribution in [0.4, 0.5) is 0 Å². The maximum Gasteiger partial charge on any atom is 0.336 e. The third kappa shape index (κ3) is 0.506. The summed E-state index contributed by atoms with van der Waals surface area (Å²) in [7, 11) is 0. The lowest BCUT2D eigenvalue weighted by atomic mass is 10.2. The van der Waals surface area contributed by atoms with Gasteiger partial charge in [0.2, 0.25) is 0 Å². The summed E-state index contributed by atoms with van der Waals surface area (Å²) < 4.78 is 0. The van der Waals surface area contributed by atoms with Crippen molar-refractivity contribution in [3.05, 3.63) is 23.3 Å². The Morgan fingerprint density at radius 2 is 2.20 bits per heavy atom. The Labute approximate surface area is 58.1 Å². The summed E-state index contributed by atoms with van der Waals surface area (Å²) in [5.74, 6) is -0.812. The van der Waals surface area contributed by atoms with Crippen LogP contribution in [0.1, 0.15) is 15.9 Å². The maximum absolute atomic E-state index is 10.5. The Morgan fingerprint density at radius 3 is 2.50 bits per heavy atom. The molecule has 0 aromatic heterocycles. The molecule has 0 saturated heterocycles. The first-order chi connectivity index (χ1) is 4.70. The average Bonchev–Trinajstić information content (AvgIpc) is 2.42. The van der Waals surface area contributed by atoms with Crippen LogP contribution >= 0.6 is 0 Å². The van der Waals surface area contributed by atoms with Gasteiger partial charge in [-0.2, -0.15) is 0 Å². The molecule has 10 heavy (non-hydrogen) atoms. The summed E-state index contributed by atoms with van der Waals surface area (Å²) in [6.07, 6.45) is 0. The van der Waals surface area contributed by atoms with Gasteiger partial charge in [0.15, 0.2) is 0 Å². The van der Waals surface area contributed by atoms with Crippen molar-refractivity contribution in [2.45, 2.75) is 6.92 Å². The molecule has 2 aliphatic rings. The molecule has 0 aliphatic heterocycles. The molecule has 2 rings (SSSR count). The number of hydrogen-bond acceptors (Lipinski definition) is 1. The zero-order valence-electron chi connectivity index (χ0n) is 5.51. The van der Waals surface area contributed by atoms with E-state index in [9.17, 15) is 4.79 Å². The molecule has 0 bridgehead atoms. The predicted octanol–water partition coefficient (Wildman–Crippen LogP) is 1.67. The van der Waals surface area contributed by atoms with E-state index in [1.54, 1.807) is 0 Å². The Hall–Kier alpha value is -1.31. The van der Waals surface area contributed by atoms with Crippen LogP contribution in [-0.2, 0) is 0 Å². The Balaban J connectivity index is 2.60. The number of carbonyl (C=O) groups is 1. The fourth-order valence-corrected chi connectivity index (χ4v) is 1.26. The van der Waals surface area contributed by atoms with Crippen LogP contribution in [0.2, 0.25) is 0 Å². The van der Waals surface area contributed by atoms with Crippen molar-refractivity contribution >= 4 is 5.97 Å². The first-order valence-electron chi connectivity index (χ1n) is 3.08. The first kappa shape index (κ1) is 5.47. The van der Waals surface area contributed by atoms with E-state index in [1.807, 2.05) is 19.1 Å². The van der Waals surface area contributed by atoms with Gasteiger partial charge in [-0.25, -0.2) is 4.79 Å². The smallest absolute Gasteiger partial charge is 0.336 e. The molecule has 50 valence electrons. The van der Waals surface area contributed by atoms with E-state index in [0.717, 1.165) is 16.7 Å². The zero-order valence-corrected chi connectivity index (χ0v) is 5.51. The fraction of sp³-hybridized carbons (Fsp3) is 0.125. The lowest BCUT2D eigenvalue weighted by molar-refractivity contribution is 0.0697. The van der Waals surface area contributed by atoms with Crippen LogP contribution in [0.3, 0.4) is 0 Å². The molecule has 0 spiro atoms. The van der Waals surface area contributed by atoms with E-state index >= 15 is 0 Å². The largest absolute Gasteiger partial charge is 0.478 e. The molecule has 2 nitrogen and oxygen atoms in total. The fourth-order valence-electron chi connectivity index (χ4n) is 1.26. The monoisotopic (exact) mass is 134 g/mol. The van der Waals surface area contributed by atoms with E-state index in [0.29, 0.717) is 5.56 Å². The van der Waals surface area contributed by atoms with E-state index < -0.39 is 5.97 Å². The standard InChI is InChI=1S/C8H6O2/c1-4-2-5-3-6(5)7(4)8(9)10/h2-3H,1H3,(H,9,10). The third-order valence-electron chi connectivity index (χ3n) is 1.78. The molecule has 0 atom stereocenters. The summed E-state index contributed by atoms with van der Waals surface area (Å²) in [5.41, 5.74) is 3.37. The van der Waals surface area contributed by atoms with Crippen molar-refractivity contribution < 1.29 is 9.90 Å². The highest BCUT2D eigenvalue weighted by molar-refractivity contribution is 6.04. The minimum atomic E-state index is -0.812. The lowest BCUT2D eigenvalue weighted by Crippen LogP contribution is -1.95. The molecule has 0 unspecified atom stereocenters. The average molecular weight is 134 g/mol. The second-order valence-corrected chi connectivity index (χ2v) is 2.52. The second-order valence-electron chi connectivity index (χ2n) is 2.52. The molecule has 0 fully saturated rings. The number of aryl methyl sites for hydroxylation is 1. The number of fused-ring (bicyclic) bond motifs is 1. The van der Waals surface area contributed by atoms with Gasteiger partial charge in [-0.1, -0.05) is 6.07 Å². The van der Waals surface area contributed by atoms with Gasteiger partial charge in [0.1, 0.15) is 0 Å². The molecule has 0 saturated carbocycles. The van der Waals surface area contributed by atoms with Crippen LogP contribution < -0.4 is 0 Å². The summed E-state index contributed by atoms with van der Waals surface area (Å²) in [6, 6.07) is 3.79. The number of benzene rings is 1. The van der Waals surface area contributed by atoms with Crippen molar-refractivity contribution in [3.8, 4) is 11.1 Å². The highest BCUT2D eigenvalue weighted by Gasteiger charge is 2.24. The van der Waals surface area contributed by atoms with Crippen molar-refractivity contribution in [1.29, 1.82) is 0 Å². The molecule has 2 aliphatic carbocycles. The molecular weight excluding hydrogens is 128 g/mol. The molecule has 0 aromatic carbocycles. The summed E-state index contributed by atoms with van der Waals surface area (Å²) in [6.45, 7) is 1.82. The van der Waals surface area contributed by atoms with E-state index in [2.05, 4.69) is 0 Å². The summed E-state index contributed by atoms with van der Waals surface area (Å²) >= 11 is 0. The van der Waals surface area contributed by atoms with E-state index in [-0.39, 0.29) is 0 Å². The van der Waals surface area contributed by atoms with Gasteiger partial charge in [0.05, 0.1) is 5.56 Å². The molecule has 2 heteroatoms. The van der Waals surface area contributed by atoms with Crippen molar-refractivity contribution in [2.75, 3.05) is 0 Å². The highest BCUT2D eigenvalue weighted by Crippen LogP contribution is 2.40. The van der Waals surface area contributed by atoms with Crippen molar-refractivity contribution in [2.24, 2.45) is 0 Å². The van der Waals surface area contributed by atoms with Crippen LogP contribution in [0.5, 0.6) is 0 Å². The Morgan fingerprint density at radius 1 is 1.50 bits per heavy atom. The Bertz CT molecular complexity index is 326.